The van der Waals surface area contributed by atoms with Crippen LogP contribution in [0, 0.1) is 0 Å². The van der Waals surface area contributed by atoms with Gasteiger partial charge in [0.25, 0.3) is 11.5 Å². The van der Waals surface area contributed by atoms with Gasteiger partial charge in [0.1, 0.15) is 12.4 Å². The van der Waals surface area contributed by atoms with Crippen LogP contribution in [0.15, 0.2) is 63.4 Å². The van der Waals surface area contributed by atoms with E-state index in [4.69, 9.17) is 20.8 Å². The van der Waals surface area contributed by atoms with Crippen molar-refractivity contribution in [1.82, 2.24) is 9.38 Å². The van der Waals surface area contributed by atoms with Crippen molar-refractivity contribution in [3.8, 4) is 5.75 Å². The predicted octanol–water partition coefficient (Wildman–Crippen LogP) is 3.83. The first-order chi connectivity index (χ1) is 13.1. The smallest absolute Gasteiger partial charge is 0.291 e. The zero-order chi connectivity index (χ0) is 18.8. The number of benzene rings is 1. The SMILES string of the molecule is O=C(Nc1cc(Cl)ccc1OCc1cc(=O)n2ccsc2n1)c1ccco1. The van der Waals surface area contributed by atoms with Crippen LogP contribution >= 0.6 is 22.9 Å². The minimum absolute atomic E-state index is 0.0644. The fraction of sp³-hybridized carbons (Fsp3) is 0.0556. The van der Waals surface area contributed by atoms with Crippen LogP contribution in [0.5, 0.6) is 5.75 Å². The van der Waals surface area contributed by atoms with Crippen molar-refractivity contribution in [2.75, 3.05) is 5.32 Å². The first-order valence-electron chi connectivity index (χ1n) is 7.83. The minimum Gasteiger partial charge on any atom is -0.485 e. The van der Waals surface area contributed by atoms with E-state index in [2.05, 4.69) is 10.3 Å². The number of halogens is 1. The standard InChI is InChI=1S/C18H12ClN3O4S/c19-11-3-4-14(13(8-11)21-17(24)15-2-1-6-25-15)26-10-12-9-16(23)22-5-7-27-18(22)20-12/h1-9H,10H2,(H,21,24). The maximum atomic E-state index is 12.2. The van der Waals surface area contributed by atoms with Gasteiger partial charge in [-0.1, -0.05) is 11.6 Å². The van der Waals surface area contributed by atoms with E-state index in [1.165, 1.54) is 28.1 Å². The van der Waals surface area contributed by atoms with E-state index < -0.39 is 5.91 Å². The number of aromatic nitrogens is 2. The molecule has 3 aromatic heterocycles. The summed E-state index contributed by atoms with van der Waals surface area (Å²) in [7, 11) is 0. The molecule has 0 fully saturated rings. The summed E-state index contributed by atoms with van der Waals surface area (Å²) in [6.07, 6.45) is 3.08. The summed E-state index contributed by atoms with van der Waals surface area (Å²) < 4.78 is 12.3. The first-order valence-corrected chi connectivity index (χ1v) is 9.09. The summed E-state index contributed by atoms with van der Waals surface area (Å²) in [5.41, 5.74) is 0.695. The lowest BCUT2D eigenvalue weighted by molar-refractivity contribution is 0.0996. The number of hydrogen-bond donors (Lipinski definition) is 1. The zero-order valence-electron chi connectivity index (χ0n) is 13.7. The van der Waals surface area contributed by atoms with E-state index in [1.54, 1.807) is 41.9 Å². The third-order valence-electron chi connectivity index (χ3n) is 3.67. The summed E-state index contributed by atoms with van der Waals surface area (Å²) in [5.74, 6) is 0.134. The lowest BCUT2D eigenvalue weighted by atomic mass is 10.2. The molecule has 0 saturated carbocycles. The molecule has 1 N–H and O–H groups in total. The number of carbonyl (C=O) groups is 1. The second-order valence-electron chi connectivity index (χ2n) is 5.50. The van der Waals surface area contributed by atoms with Gasteiger partial charge in [0.05, 0.1) is 17.6 Å². The second-order valence-corrected chi connectivity index (χ2v) is 6.81. The van der Waals surface area contributed by atoms with Gasteiger partial charge < -0.3 is 14.5 Å². The van der Waals surface area contributed by atoms with E-state index in [1.807, 2.05) is 0 Å². The number of fused-ring (bicyclic) bond motifs is 1. The Labute approximate surface area is 161 Å². The quantitative estimate of drug-likeness (QED) is 0.549. The Morgan fingerprint density at radius 1 is 1.33 bits per heavy atom. The van der Waals surface area contributed by atoms with E-state index in [0.717, 1.165) is 0 Å². The van der Waals surface area contributed by atoms with Gasteiger partial charge in [-0.15, -0.1) is 11.3 Å². The van der Waals surface area contributed by atoms with E-state index in [0.29, 0.717) is 27.1 Å². The number of carbonyl (C=O) groups excluding carboxylic acids is 1. The molecule has 0 aliphatic heterocycles. The number of nitrogens with zero attached hydrogens (tertiary/aromatic N) is 2. The number of nitrogens with one attached hydrogen (secondary N) is 1. The van der Waals surface area contributed by atoms with Crippen molar-refractivity contribution in [3.63, 3.8) is 0 Å². The highest BCUT2D eigenvalue weighted by atomic mass is 35.5. The number of rotatable bonds is 5. The third kappa shape index (κ3) is 3.71. The van der Waals surface area contributed by atoms with Gasteiger partial charge in [-0.2, -0.15) is 0 Å². The van der Waals surface area contributed by atoms with Gasteiger partial charge >= 0.3 is 0 Å². The maximum absolute atomic E-state index is 12.2. The highest BCUT2D eigenvalue weighted by molar-refractivity contribution is 7.15. The molecule has 1 aromatic carbocycles. The van der Waals surface area contributed by atoms with Crippen molar-refractivity contribution in [1.29, 1.82) is 0 Å². The van der Waals surface area contributed by atoms with Crippen molar-refractivity contribution < 1.29 is 13.9 Å². The Morgan fingerprint density at radius 3 is 3.04 bits per heavy atom. The fourth-order valence-electron chi connectivity index (χ4n) is 2.43. The molecule has 27 heavy (non-hydrogen) atoms. The van der Waals surface area contributed by atoms with Gasteiger partial charge in [-0.05, 0) is 30.3 Å². The largest absolute Gasteiger partial charge is 0.485 e. The van der Waals surface area contributed by atoms with Crippen LogP contribution < -0.4 is 15.6 Å². The summed E-state index contributed by atoms with van der Waals surface area (Å²) in [5, 5.41) is 4.93. The molecule has 1 amide bonds. The van der Waals surface area contributed by atoms with Gasteiger partial charge in [-0.3, -0.25) is 14.0 Å². The van der Waals surface area contributed by atoms with Crippen molar-refractivity contribution in [2.45, 2.75) is 6.61 Å². The summed E-state index contributed by atoms with van der Waals surface area (Å²) in [4.78, 5) is 29.2. The van der Waals surface area contributed by atoms with E-state index >= 15 is 0 Å². The molecule has 0 saturated heterocycles. The number of amides is 1. The molecule has 0 atom stereocenters. The third-order valence-corrected chi connectivity index (χ3v) is 4.66. The molecule has 0 bridgehead atoms. The average Bonchev–Trinajstić information content (AvgIpc) is 3.33. The molecule has 3 heterocycles. The average molecular weight is 402 g/mol. The van der Waals surface area contributed by atoms with Gasteiger partial charge in [-0.25, -0.2) is 4.98 Å². The molecule has 4 aromatic rings. The Morgan fingerprint density at radius 2 is 2.22 bits per heavy atom. The molecule has 0 aliphatic rings. The molecule has 136 valence electrons. The van der Waals surface area contributed by atoms with Crippen LogP contribution in [0.4, 0.5) is 5.69 Å². The highest BCUT2D eigenvalue weighted by Gasteiger charge is 2.13. The number of ether oxygens (including phenoxy) is 1. The zero-order valence-corrected chi connectivity index (χ0v) is 15.3. The molecule has 0 aliphatic carbocycles. The van der Waals surface area contributed by atoms with Crippen LogP contribution in [0.1, 0.15) is 16.2 Å². The molecule has 0 radical (unpaired) electrons. The van der Waals surface area contributed by atoms with Crippen LogP contribution in [0.3, 0.4) is 0 Å². The summed E-state index contributed by atoms with van der Waals surface area (Å²) in [6.45, 7) is 0.0644. The molecule has 4 rings (SSSR count). The molecule has 7 nitrogen and oxygen atoms in total. The Bertz CT molecular complexity index is 1170. The van der Waals surface area contributed by atoms with Gasteiger partial charge in [0, 0.05) is 22.7 Å². The molecule has 0 unspecified atom stereocenters. The van der Waals surface area contributed by atoms with E-state index in [-0.39, 0.29) is 17.9 Å². The Kier molecular flexibility index (Phi) is 4.66. The van der Waals surface area contributed by atoms with Gasteiger partial charge in [0.15, 0.2) is 10.7 Å². The number of thiazole rings is 1. The topological polar surface area (TPSA) is 85.8 Å². The summed E-state index contributed by atoms with van der Waals surface area (Å²) in [6, 6.07) is 9.43. The predicted molar refractivity (Wildman–Crippen MR) is 102 cm³/mol. The van der Waals surface area contributed by atoms with Crippen LogP contribution in [-0.4, -0.2) is 15.3 Å². The monoisotopic (exact) mass is 401 g/mol. The van der Waals surface area contributed by atoms with Gasteiger partial charge in [0.2, 0.25) is 0 Å². The maximum Gasteiger partial charge on any atom is 0.291 e. The van der Waals surface area contributed by atoms with Crippen molar-refractivity contribution in [3.05, 3.63) is 81.1 Å². The highest BCUT2D eigenvalue weighted by Crippen LogP contribution is 2.29. The van der Waals surface area contributed by atoms with Crippen LogP contribution in [0.25, 0.3) is 4.96 Å². The fourth-order valence-corrected chi connectivity index (χ4v) is 3.34. The number of furan rings is 1. The lowest BCUT2D eigenvalue weighted by Crippen LogP contribution is -2.15. The summed E-state index contributed by atoms with van der Waals surface area (Å²) >= 11 is 7.39. The first kappa shape index (κ1) is 17.3. The van der Waals surface area contributed by atoms with Crippen molar-refractivity contribution in [2.24, 2.45) is 0 Å². The normalized spacial score (nSPS) is 10.9. The minimum atomic E-state index is -0.427. The van der Waals surface area contributed by atoms with Crippen molar-refractivity contribution >= 4 is 39.5 Å². The second kappa shape index (κ2) is 7.26. The Balaban J connectivity index is 1.56. The number of anilines is 1. The molecule has 0 spiro atoms. The molecular formula is C18H12ClN3O4S. The van der Waals surface area contributed by atoms with Crippen LogP contribution in [0.2, 0.25) is 5.02 Å². The van der Waals surface area contributed by atoms with Crippen LogP contribution in [-0.2, 0) is 6.61 Å². The Hall–Kier alpha value is -3.10. The number of hydrogen-bond acceptors (Lipinski definition) is 6. The lowest BCUT2D eigenvalue weighted by Gasteiger charge is -2.12. The molecular weight excluding hydrogens is 390 g/mol. The molecule has 9 heteroatoms. The van der Waals surface area contributed by atoms with E-state index in [9.17, 15) is 9.59 Å².